The number of carbonyl (C=O) groups excluding carboxylic acids is 1. The molecule has 4 nitrogen and oxygen atoms in total. The van der Waals surface area contributed by atoms with Crippen LogP contribution in [0.3, 0.4) is 0 Å². The second-order valence-corrected chi connectivity index (χ2v) is 8.35. The summed E-state index contributed by atoms with van der Waals surface area (Å²) >= 11 is 12.0. The summed E-state index contributed by atoms with van der Waals surface area (Å²) in [6.07, 6.45) is 6.15. The van der Waals surface area contributed by atoms with Crippen molar-refractivity contribution >= 4 is 41.5 Å². The van der Waals surface area contributed by atoms with E-state index < -0.39 is 0 Å². The summed E-state index contributed by atoms with van der Waals surface area (Å²) in [5.41, 5.74) is 0. The molecule has 27 heavy (non-hydrogen) atoms. The number of likely N-dealkylation sites (tertiary alicyclic amines) is 1. The normalized spacial score (nSPS) is 18.8. The summed E-state index contributed by atoms with van der Waals surface area (Å²) in [5, 5.41) is 4.55. The van der Waals surface area contributed by atoms with Crippen LogP contribution in [0.15, 0.2) is 18.2 Å². The van der Waals surface area contributed by atoms with Gasteiger partial charge in [-0.05, 0) is 75.2 Å². The van der Waals surface area contributed by atoms with Crippen molar-refractivity contribution in [1.82, 2.24) is 10.2 Å². The lowest BCUT2D eigenvalue weighted by atomic mass is 9.92. The highest BCUT2D eigenvalue weighted by molar-refractivity contribution is 6.34. The number of hydrogen-bond acceptors (Lipinski definition) is 3. The molecule has 0 atom stereocenters. The van der Waals surface area contributed by atoms with Gasteiger partial charge in [-0.15, -0.1) is 12.4 Å². The first-order chi connectivity index (χ1) is 12.6. The van der Waals surface area contributed by atoms with E-state index >= 15 is 0 Å². The van der Waals surface area contributed by atoms with Crippen molar-refractivity contribution in [2.75, 3.05) is 32.8 Å². The van der Waals surface area contributed by atoms with E-state index in [4.69, 9.17) is 27.9 Å². The molecule has 0 bridgehead atoms. The van der Waals surface area contributed by atoms with E-state index in [2.05, 4.69) is 5.32 Å². The van der Waals surface area contributed by atoms with Gasteiger partial charge in [0.15, 0.2) is 0 Å². The maximum absolute atomic E-state index is 12.5. The average Bonchev–Trinajstić information content (AvgIpc) is 2.65. The van der Waals surface area contributed by atoms with E-state index in [0.29, 0.717) is 40.6 Å². The van der Waals surface area contributed by atoms with Crippen molar-refractivity contribution in [2.24, 2.45) is 11.8 Å². The molecular weight excluding hydrogens is 407 g/mol. The van der Waals surface area contributed by atoms with Crippen LogP contribution >= 0.6 is 35.6 Å². The quantitative estimate of drug-likeness (QED) is 0.697. The van der Waals surface area contributed by atoms with Gasteiger partial charge in [0.1, 0.15) is 5.75 Å². The zero-order valence-corrected chi connectivity index (χ0v) is 17.9. The predicted octanol–water partition coefficient (Wildman–Crippen LogP) is 4.81. The summed E-state index contributed by atoms with van der Waals surface area (Å²) in [5.74, 6) is 2.23. The van der Waals surface area contributed by atoms with Gasteiger partial charge in [-0.25, -0.2) is 0 Å². The molecule has 0 aromatic heterocycles. The zero-order valence-electron chi connectivity index (χ0n) is 15.6. The summed E-state index contributed by atoms with van der Waals surface area (Å²) in [6, 6.07) is 5.27. The SMILES string of the molecule is Cl.O=C(CCC1CCNCC1)N1CCC(COc2cc(Cl)cc(Cl)c2)CC1. The van der Waals surface area contributed by atoms with E-state index in [0.717, 1.165) is 51.4 Å². The van der Waals surface area contributed by atoms with Crippen molar-refractivity contribution in [3.63, 3.8) is 0 Å². The number of amides is 1. The highest BCUT2D eigenvalue weighted by Gasteiger charge is 2.24. The van der Waals surface area contributed by atoms with Crippen LogP contribution in [0.25, 0.3) is 0 Å². The Balaban J connectivity index is 0.00000261. The molecule has 0 unspecified atom stereocenters. The number of carbonyl (C=O) groups is 1. The molecule has 152 valence electrons. The molecule has 1 aromatic carbocycles. The smallest absolute Gasteiger partial charge is 0.222 e. The molecule has 2 saturated heterocycles. The number of benzene rings is 1. The second kappa shape index (κ2) is 11.4. The molecule has 1 N–H and O–H groups in total. The molecule has 2 heterocycles. The Labute approximate surface area is 178 Å². The fourth-order valence-corrected chi connectivity index (χ4v) is 4.34. The van der Waals surface area contributed by atoms with Crippen molar-refractivity contribution in [1.29, 1.82) is 0 Å². The third-order valence-corrected chi connectivity index (χ3v) is 5.95. The van der Waals surface area contributed by atoms with Crippen molar-refractivity contribution in [3.8, 4) is 5.75 Å². The van der Waals surface area contributed by atoms with Gasteiger partial charge in [-0.1, -0.05) is 23.2 Å². The summed E-state index contributed by atoms with van der Waals surface area (Å²) in [4.78, 5) is 14.5. The Bertz CT molecular complexity index is 581. The minimum atomic E-state index is 0. The first-order valence-corrected chi connectivity index (χ1v) is 10.4. The third-order valence-electron chi connectivity index (χ3n) is 5.51. The topological polar surface area (TPSA) is 41.6 Å². The Hall–Kier alpha value is -0.680. The van der Waals surface area contributed by atoms with Crippen LogP contribution in [-0.4, -0.2) is 43.6 Å². The Kier molecular flexibility index (Phi) is 9.51. The van der Waals surface area contributed by atoms with E-state index in [9.17, 15) is 4.79 Å². The number of nitrogens with one attached hydrogen (secondary N) is 1. The highest BCUT2D eigenvalue weighted by Crippen LogP contribution is 2.26. The molecule has 0 aliphatic carbocycles. The molecule has 2 fully saturated rings. The largest absolute Gasteiger partial charge is 0.493 e. The molecule has 1 aromatic rings. The van der Waals surface area contributed by atoms with Crippen LogP contribution in [0.1, 0.15) is 38.5 Å². The molecule has 3 rings (SSSR count). The van der Waals surface area contributed by atoms with E-state index in [1.165, 1.54) is 12.8 Å². The second-order valence-electron chi connectivity index (χ2n) is 7.47. The monoisotopic (exact) mass is 434 g/mol. The van der Waals surface area contributed by atoms with Crippen LogP contribution in [0.4, 0.5) is 0 Å². The molecule has 7 heteroatoms. The first-order valence-electron chi connectivity index (χ1n) is 9.67. The van der Waals surface area contributed by atoms with Crippen LogP contribution in [0.2, 0.25) is 10.0 Å². The Morgan fingerprint density at radius 1 is 1.04 bits per heavy atom. The lowest BCUT2D eigenvalue weighted by Crippen LogP contribution is -2.40. The van der Waals surface area contributed by atoms with Gasteiger partial charge in [-0.2, -0.15) is 0 Å². The van der Waals surface area contributed by atoms with Gasteiger partial charge in [0.2, 0.25) is 5.91 Å². The van der Waals surface area contributed by atoms with Gasteiger partial charge in [0, 0.05) is 29.6 Å². The molecule has 2 aliphatic rings. The van der Waals surface area contributed by atoms with Crippen molar-refractivity contribution < 1.29 is 9.53 Å². The predicted molar refractivity (Wildman–Crippen MR) is 113 cm³/mol. The first kappa shape index (κ1) is 22.6. The number of halogens is 3. The maximum atomic E-state index is 12.5. The number of rotatable bonds is 6. The molecule has 0 saturated carbocycles. The molecular formula is C20H29Cl3N2O2. The summed E-state index contributed by atoms with van der Waals surface area (Å²) < 4.78 is 5.85. The number of nitrogens with zero attached hydrogens (tertiary/aromatic N) is 1. The highest BCUT2D eigenvalue weighted by atomic mass is 35.5. The maximum Gasteiger partial charge on any atom is 0.222 e. The molecule has 2 aliphatic heterocycles. The molecule has 1 amide bonds. The number of hydrogen-bond donors (Lipinski definition) is 1. The van der Waals surface area contributed by atoms with Crippen molar-refractivity contribution in [3.05, 3.63) is 28.2 Å². The fraction of sp³-hybridized carbons (Fsp3) is 0.650. The minimum Gasteiger partial charge on any atom is -0.493 e. The van der Waals surface area contributed by atoms with Gasteiger partial charge in [0.05, 0.1) is 6.61 Å². The van der Waals surface area contributed by atoms with Crippen LogP contribution in [0.5, 0.6) is 5.75 Å². The van der Waals surface area contributed by atoms with E-state index in [1.54, 1.807) is 18.2 Å². The van der Waals surface area contributed by atoms with E-state index in [-0.39, 0.29) is 12.4 Å². The average molecular weight is 436 g/mol. The van der Waals surface area contributed by atoms with E-state index in [1.807, 2.05) is 4.90 Å². The Morgan fingerprint density at radius 3 is 2.30 bits per heavy atom. The lowest BCUT2D eigenvalue weighted by Gasteiger charge is -2.32. The molecule has 0 radical (unpaired) electrons. The van der Waals surface area contributed by atoms with Crippen LogP contribution in [0, 0.1) is 11.8 Å². The van der Waals surface area contributed by atoms with Gasteiger partial charge < -0.3 is 15.0 Å². The Morgan fingerprint density at radius 2 is 1.67 bits per heavy atom. The minimum absolute atomic E-state index is 0. The molecule has 0 spiro atoms. The zero-order chi connectivity index (χ0) is 18.4. The van der Waals surface area contributed by atoms with Crippen molar-refractivity contribution in [2.45, 2.75) is 38.5 Å². The van der Waals surface area contributed by atoms with Gasteiger partial charge in [-0.3, -0.25) is 4.79 Å². The summed E-state index contributed by atoms with van der Waals surface area (Å²) in [6.45, 7) is 4.53. The summed E-state index contributed by atoms with van der Waals surface area (Å²) in [7, 11) is 0. The lowest BCUT2D eigenvalue weighted by molar-refractivity contribution is -0.133. The number of piperidine rings is 2. The van der Waals surface area contributed by atoms with Crippen LogP contribution in [-0.2, 0) is 4.79 Å². The number of ether oxygens (including phenoxy) is 1. The van der Waals surface area contributed by atoms with Crippen LogP contribution < -0.4 is 10.1 Å². The van der Waals surface area contributed by atoms with Gasteiger partial charge >= 0.3 is 0 Å². The third kappa shape index (κ3) is 7.34. The fourth-order valence-electron chi connectivity index (χ4n) is 3.83. The standard InChI is InChI=1S/C20H28Cl2N2O2.ClH/c21-17-11-18(22)13-19(12-17)26-14-16-5-9-24(10-6-16)20(25)2-1-15-3-7-23-8-4-15;/h11-13,15-16,23H,1-10,14H2;1H. The van der Waals surface area contributed by atoms with Gasteiger partial charge in [0.25, 0.3) is 0 Å².